The van der Waals surface area contributed by atoms with Crippen LogP contribution in [0.5, 0.6) is 5.75 Å². The Hall–Kier alpha value is -1.81. The van der Waals surface area contributed by atoms with Crippen molar-refractivity contribution >= 4 is 17.4 Å². The molecule has 0 spiro atoms. The van der Waals surface area contributed by atoms with Gasteiger partial charge in [0.15, 0.2) is 0 Å². The molecular weight excluding hydrogens is 262 g/mol. The Kier molecular flexibility index (Phi) is 4.98. The second kappa shape index (κ2) is 6.95. The molecule has 0 saturated carbocycles. The standard InChI is InChI=1S/C14H16ClN3O/c1-2-4-17-14-6-11(3-5-18-14)10-19-13-7-12(15)8-16-9-13/h3,5-9H,2,4,10H2,1H3,(H,17,18). The number of rotatable bonds is 6. The van der Waals surface area contributed by atoms with Crippen LogP contribution in [0.4, 0.5) is 5.82 Å². The predicted molar refractivity (Wildman–Crippen MR) is 76.6 cm³/mol. The van der Waals surface area contributed by atoms with Crippen molar-refractivity contribution < 1.29 is 4.74 Å². The molecule has 0 atom stereocenters. The molecule has 0 bridgehead atoms. The smallest absolute Gasteiger partial charge is 0.139 e. The molecule has 100 valence electrons. The number of pyridine rings is 2. The Morgan fingerprint density at radius 1 is 1.32 bits per heavy atom. The molecule has 0 aliphatic carbocycles. The highest BCUT2D eigenvalue weighted by Gasteiger charge is 2.00. The van der Waals surface area contributed by atoms with Crippen LogP contribution in [0.25, 0.3) is 0 Å². The average molecular weight is 278 g/mol. The van der Waals surface area contributed by atoms with Crippen LogP contribution in [0.15, 0.2) is 36.8 Å². The van der Waals surface area contributed by atoms with Gasteiger partial charge in [-0.2, -0.15) is 0 Å². The van der Waals surface area contributed by atoms with Gasteiger partial charge < -0.3 is 10.1 Å². The fourth-order valence-electron chi connectivity index (χ4n) is 1.55. The number of nitrogens with one attached hydrogen (secondary N) is 1. The van der Waals surface area contributed by atoms with Crippen molar-refractivity contribution in [3.63, 3.8) is 0 Å². The maximum atomic E-state index is 5.85. The molecule has 19 heavy (non-hydrogen) atoms. The third-order valence-electron chi connectivity index (χ3n) is 2.47. The Morgan fingerprint density at radius 3 is 3.00 bits per heavy atom. The first-order valence-corrected chi connectivity index (χ1v) is 6.58. The van der Waals surface area contributed by atoms with Gasteiger partial charge in [-0.05, 0) is 24.1 Å². The maximum Gasteiger partial charge on any atom is 0.139 e. The number of nitrogens with zero attached hydrogens (tertiary/aromatic N) is 2. The topological polar surface area (TPSA) is 47.0 Å². The van der Waals surface area contributed by atoms with Crippen LogP contribution in [0.3, 0.4) is 0 Å². The number of anilines is 1. The zero-order valence-corrected chi connectivity index (χ0v) is 11.5. The quantitative estimate of drug-likeness (QED) is 0.877. The van der Waals surface area contributed by atoms with Crippen molar-refractivity contribution in [1.29, 1.82) is 0 Å². The molecule has 2 aromatic heterocycles. The van der Waals surface area contributed by atoms with E-state index in [9.17, 15) is 0 Å². The number of halogens is 1. The maximum absolute atomic E-state index is 5.85. The zero-order chi connectivity index (χ0) is 13.5. The highest BCUT2D eigenvalue weighted by molar-refractivity contribution is 6.30. The van der Waals surface area contributed by atoms with Crippen molar-refractivity contribution in [2.75, 3.05) is 11.9 Å². The van der Waals surface area contributed by atoms with E-state index in [1.807, 2.05) is 12.1 Å². The van der Waals surface area contributed by atoms with E-state index in [1.54, 1.807) is 24.7 Å². The van der Waals surface area contributed by atoms with Crippen LogP contribution in [-0.2, 0) is 6.61 Å². The summed E-state index contributed by atoms with van der Waals surface area (Å²) in [6.07, 6.45) is 6.06. The van der Waals surface area contributed by atoms with Gasteiger partial charge in [0.1, 0.15) is 18.2 Å². The number of ether oxygens (including phenoxy) is 1. The largest absolute Gasteiger partial charge is 0.487 e. The SMILES string of the molecule is CCCNc1cc(COc2cncc(Cl)c2)ccn1. The van der Waals surface area contributed by atoms with Gasteiger partial charge in [-0.15, -0.1) is 0 Å². The van der Waals surface area contributed by atoms with E-state index in [0.29, 0.717) is 17.4 Å². The van der Waals surface area contributed by atoms with Gasteiger partial charge in [0.25, 0.3) is 0 Å². The number of aromatic nitrogens is 2. The summed E-state index contributed by atoms with van der Waals surface area (Å²) in [5.74, 6) is 1.53. The second-order valence-electron chi connectivity index (χ2n) is 4.10. The Balaban J connectivity index is 1.95. The van der Waals surface area contributed by atoms with Gasteiger partial charge in [0, 0.05) is 25.0 Å². The first-order valence-electron chi connectivity index (χ1n) is 6.20. The van der Waals surface area contributed by atoms with Crippen molar-refractivity contribution in [2.24, 2.45) is 0 Å². The molecule has 5 heteroatoms. The number of hydrogen-bond acceptors (Lipinski definition) is 4. The van der Waals surface area contributed by atoms with E-state index >= 15 is 0 Å². The summed E-state index contributed by atoms with van der Waals surface area (Å²) in [5, 5.41) is 3.81. The molecule has 2 heterocycles. The van der Waals surface area contributed by atoms with Gasteiger partial charge in [0.05, 0.1) is 11.2 Å². The van der Waals surface area contributed by atoms with Crippen molar-refractivity contribution in [2.45, 2.75) is 20.0 Å². The fraction of sp³-hybridized carbons (Fsp3) is 0.286. The summed E-state index contributed by atoms with van der Waals surface area (Å²) in [6, 6.07) is 5.65. The Labute approximate surface area is 117 Å². The zero-order valence-electron chi connectivity index (χ0n) is 10.8. The lowest BCUT2D eigenvalue weighted by Gasteiger charge is -2.08. The third-order valence-corrected chi connectivity index (χ3v) is 2.67. The van der Waals surface area contributed by atoms with E-state index in [0.717, 1.165) is 24.3 Å². The van der Waals surface area contributed by atoms with E-state index in [4.69, 9.17) is 16.3 Å². The molecule has 4 nitrogen and oxygen atoms in total. The molecule has 0 fully saturated rings. The summed E-state index contributed by atoms with van der Waals surface area (Å²) < 4.78 is 5.63. The predicted octanol–water partition coefficient (Wildman–Crippen LogP) is 3.53. The van der Waals surface area contributed by atoms with E-state index < -0.39 is 0 Å². The molecule has 1 N–H and O–H groups in total. The molecular formula is C14H16ClN3O. The van der Waals surface area contributed by atoms with Crippen LogP contribution in [0.1, 0.15) is 18.9 Å². The molecule has 0 aliphatic rings. The minimum absolute atomic E-state index is 0.464. The number of hydrogen-bond donors (Lipinski definition) is 1. The van der Waals surface area contributed by atoms with Crippen LogP contribution in [-0.4, -0.2) is 16.5 Å². The fourth-order valence-corrected chi connectivity index (χ4v) is 1.72. The third kappa shape index (κ3) is 4.41. The normalized spacial score (nSPS) is 10.2. The van der Waals surface area contributed by atoms with Crippen molar-refractivity contribution in [3.05, 3.63) is 47.4 Å². The van der Waals surface area contributed by atoms with Crippen molar-refractivity contribution in [3.8, 4) is 5.75 Å². The average Bonchev–Trinajstić information content (AvgIpc) is 2.43. The van der Waals surface area contributed by atoms with Gasteiger partial charge >= 0.3 is 0 Å². The molecule has 0 aliphatic heterocycles. The molecule has 0 aromatic carbocycles. The second-order valence-corrected chi connectivity index (χ2v) is 4.54. The highest BCUT2D eigenvalue weighted by Crippen LogP contribution is 2.17. The van der Waals surface area contributed by atoms with Crippen LogP contribution >= 0.6 is 11.6 Å². The Morgan fingerprint density at radius 2 is 2.21 bits per heavy atom. The minimum Gasteiger partial charge on any atom is -0.487 e. The first kappa shape index (κ1) is 13.6. The lowest BCUT2D eigenvalue weighted by Crippen LogP contribution is -2.03. The molecule has 2 rings (SSSR count). The monoisotopic (exact) mass is 277 g/mol. The summed E-state index contributed by atoms with van der Waals surface area (Å²) in [6.45, 7) is 3.49. The summed E-state index contributed by atoms with van der Waals surface area (Å²) >= 11 is 5.85. The molecule has 0 radical (unpaired) electrons. The van der Waals surface area contributed by atoms with Crippen LogP contribution < -0.4 is 10.1 Å². The molecule has 2 aromatic rings. The molecule has 0 amide bonds. The van der Waals surface area contributed by atoms with E-state index in [1.165, 1.54) is 0 Å². The minimum atomic E-state index is 0.464. The van der Waals surface area contributed by atoms with Gasteiger partial charge in [0.2, 0.25) is 0 Å². The summed E-state index contributed by atoms with van der Waals surface area (Å²) in [4.78, 5) is 8.22. The molecule has 0 unspecified atom stereocenters. The Bertz CT molecular complexity index is 534. The van der Waals surface area contributed by atoms with Crippen LogP contribution in [0, 0.1) is 0 Å². The van der Waals surface area contributed by atoms with Gasteiger partial charge in [-0.1, -0.05) is 18.5 Å². The first-order chi connectivity index (χ1) is 9.28. The molecule has 0 saturated heterocycles. The van der Waals surface area contributed by atoms with Crippen molar-refractivity contribution in [1.82, 2.24) is 9.97 Å². The lowest BCUT2D eigenvalue weighted by molar-refractivity contribution is 0.305. The van der Waals surface area contributed by atoms with E-state index in [2.05, 4.69) is 22.2 Å². The summed E-state index contributed by atoms with van der Waals surface area (Å²) in [7, 11) is 0. The van der Waals surface area contributed by atoms with Gasteiger partial charge in [-0.3, -0.25) is 4.98 Å². The van der Waals surface area contributed by atoms with Crippen LogP contribution in [0.2, 0.25) is 5.02 Å². The highest BCUT2D eigenvalue weighted by atomic mass is 35.5. The van der Waals surface area contributed by atoms with E-state index in [-0.39, 0.29) is 0 Å². The summed E-state index contributed by atoms with van der Waals surface area (Å²) in [5.41, 5.74) is 1.05. The lowest BCUT2D eigenvalue weighted by atomic mass is 10.3. The van der Waals surface area contributed by atoms with Gasteiger partial charge in [-0.25, -0.2) is 4.98 Å².